The maximum Gasteiger partial charge on any atom is 0.416 e. The summed E-state index contributed by atoms with van der Waals surface area (Å²) in [6, 6.07) is 11.6. The highest BCUT2D eigenvalue weighted by molar-refractivity contribution is 5.94. The van der Waals surface area contributed by atoms with Crippen molar-refractivity contribution < 1.29 is 18.0 Å². The van der Waals surface area contributed by atoms with E-state index >= 15 is 0 Å². The lowest BCUT2D eigenvalue weighted by atomic mass is 10.0. The molecule has 0 aromatic heterocycles. The summed E-state index contributed by atoms with van der Waals surface area (Å²) < 4.78 is 38.4. The lowest BCUT2D eigenvalue weighted by molar-refractivity contribution is -0.137. The minimum atomic E-state index is -4.31. The molecule has 2 aromatic carbocycles. The summed E-state index contributed by atoms with van der Waals surface area (Å²) >= 11 is 0. The van der Waals surface area contributed by atoms with Crippen molar-refractivity contribution >= 4 is 17.3 Å². The van der Waals surface area contributed by atoms with Crippen molar-refractivity contribution in [2.24, 2.45) is 0 Å². The van der Waals surface area contributed by atoms with Gasteiger partial charge in [-0.25, -0.2) is 0 Å². The first-order valence-corrected chi connectivity index (χ1v) is 12.7. The largest absolute Gasteiger partial charge is 0.416 e. The van der Waals surface area contributed by atoms with Crippen LogP contribution in [0.5, 0.6) is 0 Å². The van der Waals surface area contributed by atoms with Gasteiger partial charge in [-0.1, -0.05) is 50.8 Å². The Bertz CT molecular complexity index is 903. The van der Waals surface area contributed by atoms with Crippen LogP contribution in [0.4, 0.5) is 24.5 Å². The monoisotopic (exact) mass is 474 g/mol. The Balaban J connectivity index is 1.65. The molecule has 3 rings (SSSR count). The molecule has 0 radical (unpaired) electrons. The molecule has 2 aromatic rings. The van der Waals surface area contributed by atoms with E-state index in [2.05, 4.69) is 23.2 Å². The summed E-state index contributed by atoms with van der Waals surface area (Å²) in [6.07, 6.45) is 6.72. The third-order valence-electron chi connectivity index (χ3n) is 6.52. The van der Waals surface area contributed by atoms with Crippen LogP contribution in [0.15, 0.2) is 42.5 Å². The molecule has 6 heteroatoms. The van der Waals surface area contributed by atoms with Crippen LogP contribution in [0.25, 0.3) is 0 Å². The number of anilines is 2. The van der Waals surface area contributed by atoms with Gasteiger partial charge in [0.25, 0.3) is 0 Å². The van der Waals surface area contributed by atoms with Gasteiger partial charge in [-0.2, -0.15) is 13.2 Å². The molecule has 186 valence electrons. The van der Waals surface area contributed by atoms with Crippen molar-refractivity contribution in [1.29, 1.82) is 0 Å². The number of hydrogen-bond donors (Lipinski definition) is 1. The van der Waals surface area contributed by atoms with Gasteiger partial charge in [0.2, 0.25) is 5.91 Å². The molecule has 1 saturated heterocycles. The van der Waals surface area contributed by atoms with Crippen molar-refractivity contribution in [2.75, 3.05) is 23.3 Å². The average molecular weight is 475 g/mol. The molecule has 1 amide bonds. The fourth-order valence-electron chi connectivity index (χ4n) is 4.49. The van der Waals surface area contributed by atoms with Gasteiger partial charge in [-0.15, -0.1) is 0 Å². The Morgan fingerprint density at radius 1 is 0.882 bits per heavy atom. The summed E-state index contributed by atoms with van der Waals surface area (Å²) in [6.45, 7) is 4.13. The first kappa shape index (κ1) is 26.1. The van der Waals surface area contributed by atoms with E-state index < -0.39 is 11.7 Å². The van der Waals surface area contributed by atoms with Gasteiger partial charge in [-0.05, 0) is 73.9 Å². The molecular formula is C28H37F3N2O. The lowest BCUT2D eigenvalue weighted by Crippen LogP contribution is -2.30. The molecule has 1 aliphatic heterocycles. The van der Waals surface area contributed by atoms with E-state index in [-0.39, 0.29) is 5.91 Å². The molecule has 1 aliphatic rings. The molecular weight excluding hydrogens is 437 g/mol. The molecule has 1 heterocycles. The van der Waals surface area contributed by atoms with Gasteiger partial charge in [0.05, 0.1) is 16.9 Å². The second kappa shape index (κ2) is 12.8. The maximum atomic E-state index is 12.8. The van der Waals surface area contributed by atoms with Gasteiger partial charge < -0.3 is 10.2 Å². The molecule has 0 atom stereocenters. The SMILES string of the molecule is CCCCCCCC(=O)Nc1ccc(CCc2ccc(C(F)(F)F)cc2)cc1N1CCCCC1. The second-order valence-electron chi connectivity index (χ2n) is 9.31. The number of unbranched alkanes of at least 4 members (excludes halogenated alkanes) is 4. The molecule has 0 bridgehead atoms. The van der Waals surface area contributed by atoms with Gasteiger partial charge in [0, 0.05) is 19.5 Å². The van der Waals surface area contributed by atoms with Crippen LogP contribution in [-0.2, 0) is 23.8 Å². The molecule has 1 N–H and O–H groups in total. The zero-order valence-corrected chi connectivity index (χ0v) is 20.2. The zero-order chi connectivity index (χ0) is 24.4. The molecule has 0 spiro atoms. The predicted molar refractivity (Wildman–Crippen MR) is 133 cm³/mol. The number of alkyl halides is 3. The van der Waals surface area contributed by atoms with Crippen LogP contribution >= 0.6 is 0 Å². The number of carbonyl (C=O) groups excluding carboxylic acids is 1. The van der Waals surface area contributed by atoms with Crippen LogP contribution in [0.1, 0.15) is 81.4 Å². The lowest BCUT2D eigenvalue weighted by Gasteiger charge is -2.31. The highest BCUT2D eigenvalue weighted by Crippen LogP contribution is 2.31. The zero-order valence-electron chi connectivity index (χ0n) is 20.2. The Hall–Kier alpha value is -2.50. The third kappa shape index (κ3) is 8.07. The Kier molecular flexibility index (Phi) is 9.85. The first-order valence-electron chi connectivity index (χ1n) is 12.7. The number of piperidine rings is 1. The summed E-state index contributed by atoms with van der Waals surface area (Å²) in [5, 5.41) is 3.13. The number of amides is 1. The van der Waals surface area contributed by atoms with E-state index in [4.69, 9.17) is 0 Å². The van der Waals surface area contributed by atoms with Gasteiger partial charge in [-0.3, -0.25) is 4.79 Å². The van der Waals surface area contributed by atoms with Gasteiger partial charge >= 0.3 is 6.18 Å². The number of rotatable bonds is 11. The highest BCUT2D eigenvalue weighted by atomic mass is 19.4. The molecule has 1 fully saturated rings. The summed E-state index contributed by atoms with van der Waals surface area (Å²) in [4.78, 5) is 14.9. The van der Waals surface area contributed by atoms with Crippen LogP contribution in [0.2, 0.25) is 0 Å². The fraction of sp³-hybridized carbons (Fsp3) is 0.536. The van der Waals surface area contributed by atoms with Crippen molar-refractivity contribution in [3.8, 4) is 0 Å². The van der Waals surface area contributed by atoms with Crippen LogP contribution in [0, 0.1) is 0 Å². The standard InChI is InChI=1S/C28H37F3N2O/c1-2-3-4-5-7-10-27(34)32-25-18-15-23(21-26(25)33-19-8-6-9-20-33)12-11-22-13-16-24(17-14-22)28(29,30)31/h13-18,21H,2-12,19-20H2,1H3,(H,32,34). The summed E-state index contributed by atoms with van der Waals surface area (Å²) in [7, 11) is 0. The molecule has 0 saturated carbocycles. The van der Waals surface area contributed by atoms with E-state index in [9.17, 15) is 18.0 Å². The van der Waals surface area contributed by atoms with E-state index in [1.807, 2.05) is 12.1 Å². The molecule has 0 aliphatic carbocycles. The van der Waals surface area contributed by atoms with E-state index in [1.54, 1.807) is 12.1 Å². The van der Waals surface area contributed by atoms with E-state index in [0.717, 1.165) is 79.8 Å². The maximum absolute atomic E-state index is 12.8. The van der Waals surface area contributed by atoms with E-state index in [1.165, 1.54) is 25.7 Å². The van der Waals surface area contributed by atoms with Crippen molar-refractivity contribution in [3.05, 3.63) is 59.2 Å². The Labute approximate surface area is 201 Å². The number of hydrogen-bond acceptors (Lipinski definition) is 2. The first-order chi connectivity index (χ1) is 16.4. The number of nitrogens with one attached hydrogen (secondary N) is 1. The van der Waals surface area contributed by atoms with E-state index in [0.29, 0.717) is 12.8 Å². The molecule has 0 unspecified atom stereocenters. The number of aryl methyl sites for hydroxylation is 2. The smallest absolute Gasteiger partial charge is 0.370 e. The quantitative estimate of drug-likeness (QED) is 0.337. The summed E-state index contributed by atoms with van der Waals surface area (Å²) in [5.74, 6) is 0.0623. The number of carbonyl (C=O) groups is 1. The third-order valence-corrected chi connectivity index (χ3v) is 6.52. The minimum Gasteiger partial charge on any atom is -0.370 e. The van der Waals surface area contributed by atoms with Crippen molar-refractivity contribution in [1.82, 2.24) is 0 Å². The second-order valence-corrected chi connectivity index (χ2v) is 9.31. The molecule has 3 nitrogen and oxygen atoms in total. The Morgan fingerprint density at radius 2 is 1.53 bits per heavy atom. The van der Waals surface area contributed by atoms with Gasteiger partial charge in [0.15, 0.2) is 0 Å². The fourth-order valence-corrected chi connectivity index (χ4v) is 4.49. The average Bonchev–Trinajstić information content (AvgIpc) is 2.83. The topological polar surface area (TPSA) is 32.3 Å². The van der Waals surface area contributed by atoms with Crippen molar-refractivity contribution in [3.63, 3.8) is 0 Å². The number of nitrogens with zero attached hydrogens (tertiary/aromatic N) is 1. The number of halogens is 3. The number of benzene rings is 2. The predicted octanol–water partition coefficient (Wildman–Crippen LogP) is 7.78. The van der Waals surface area contributed by atoms with Crippen molar-refractivity contribution in [2.45, 2.75) is 83.7 Å². The van der Waals surface area contributed by atoms with Crippen LogP contribution in [-0.4, -0.2) is 19.0 Å². The minimum absolute atomic E-state index is 0.0623. The normalized spacial score (nSPS) is 14.3. The van der Waals surface area contributed by atoms with Crippen LogP contribution in [0.3, 0.4) is 0 Å². The highest BCUT2D eigenvalue weighted by Gasteiger charge is 2.29. The molecule has 34 heavy (non-hydrogen) atoms. The van der Waals surface area contributed by atoms with Gasteiger partial charge in [0.1, 0.15) is 0 Å². The Morgan fingerprint density at radius 3 is 2.21 bits per heavy atom. The summed E-state index contributed by atoms with van der Waals surface area (Å²) in [5.41, 5.74) is 3.31. The van der Waals surface area contributed by atoms with Crippen LogP contribution < -0.4 is 10.2 Å².